The zero-order valence-corrected chi connectivity index (χ0v) is 11.5. The smallest absolute Gasteiger partial charge is 0.319 e. The second-order valence-corrected chi connectivity index (χ2v) is 4.76. The van der Waals surface area contributed by atoms with Crippen LogP contribution < -0.4 is 10.6 Å². The lowest BCUT2D eigenvalue weighted by Gasteiger charge is -2.09. The third-order valence-electron chi connectivity index (χ3n) is 2.48. The number of halogens is 2. The number of hydrogen-bond acceptors (Lipinski definition) is 1. The van der Waals surface area contributed by atoms with E-state index >= 15 is 0 Å². The van der Waals surface area contributed by atoms with E-state index in [1.54, 1.807) is 18.2 Å². The van der Waals surface area contributed by atoms with Crippen molar-refractivity contribution in [1.29, 1.82) is 0 Å². The SMILES string of the molecule is O=C(NCc1ccccc1)Nc1ccc(Cl)cc1Cl. The molecule has 2 aromatic carbocycles. The Morgan fingerprint density at radius 2 is 1.79 bits per heavy atom. The average molecular weight is 295 g/mol. The van der Waals surface area contributed by atoms with Gasteiger partial charge in [-0.25, -0.2) is 4.79 Å². The molecule has 0 fully saturated rings. The molecule has 0 aromatic heterocycles. The Bertz CT molecular complexity index is 573. The number of nitrogens with one attached hydrogen (secondary N) is 2. The lowest BCUT2D eigenvalue weighted by atomic mass is 10.2. The number of carbonyl (C=O) groups is 1. The third-order valence-corrected chi connectivity index (χ3v) is 3.02. The molecule has 0 heterocycles. The first kappa shape index (κ1) is 13.7. The van der Waals surface area contributed by atoms with Crippen molar-refractivity contribution in [3.8, 4) is 0 Å². The van der Waals surface area contributed by atoms with Crippen molar-refractivity contribution in [1.82, 2.24) is 5.32 Å². The molecule has 5 heteroatoms. The molecular weight excluding hydrogens is 283 g/mol. The highest BCUT2D eigenvalue weighted by atomic mass is 35.5. The second kappa shape index (κ2) is 6.45. The summed E-state index contributed by atoms with van der Waals surface area (Å²) in [6.45, 7) is 0.456. The van der Waals surface area contributed by atoms with Gasteiger partial charge in [-0.15, -0.1) is 0 Å². The first-order chi connectivity index (χ1) is 9.15. The zero-order chi connectivity index (χ0) is 13.7. The topological polar surface area (TPSA) is 41.1 Å². The summed E-state index contributed by atoms with van der Waals surface area (Å²) in [5, 5.41) is 6.35. The summed E-state index contributed by atoms with van der Waals surface area (Å²) >= 11 is 11.7. The summed E-state index contributed by atoms with van der Waals surface area (Å²) in [5.41, 5.74) is 1.55. The van der Waals surface area contributed by atoms with Crippen LogP contribution in [0, 0.1) is 0 Å². The minimum Gasteiger partial charge on any atom is -0.334 e. The lowest BCUT2D eigenvalue weighted by Crippen LogP contribution is -2.28. The number of rotatable bonds is 3. The van der Waals surface area contributed by atoms with Crippen molar-refractivity contribution in [2.24, 2.45) is 0 Å². The van der Waals surface area contributed by atoms with E-state index in [0.717, 1.165) is 5.56 Å². The van der Waals surface area contributed by atoms with Crippen molar-refractivity contribution in [3.05, 3.63) is 64.1 Å². The van der Waals surface area contributed by atoms with Crippen LogP contribution in [-0.4, -0.2) is 6.03 Å². The van der Waals surface area contributed by atoms with E-state index in [1.165, 1.54) is 0 Å². The molecule has 0 unspecified atom stereocenters. The van der Waals surface area contributed by atoms with Gasteiger partial charge >= 0.3 is 6.03 Å². The Morgan fingerprint density at radius 1 is 1.05 bits per heavy atom. The molecule has 3 nitrogen and oxygen atoms in total. The Balaban J connectivity index is 1.91. The monoisotopic (exact) mass is 294 g/mol. The van der Waals surface area contributed by atoms with Crippen LogP contribution in [0.3, 0.4) is 0 Å². The van der Waals surface area contributed by atoms with Gasteiger partial charge in [0.2, 0.25) is 0 Å². The Labute approximate surface area is 121 Å². The van der Waals surface area contributed by atoms with Crippen molar-refractivity contribution < 1.29 is 4.79 Å². The molecule has 0 spiro atoms. The maximum Gasteiger partial charge on any atom is 0.319 e. The third kappa shape index (κ3) is 4.16. The molecule has 0 radical (unpaired) electrons. The summed E-state index contributed by atoms with van der Waals surface area (Å²) in [4.78, 5) is 11.7. The van der Waals surface area contributed by atoms with Crippen LogP contribution >= 0.6 is 23.2 Å². The minimum atomic E-state index is -0.312. The van der Waals surface area contributed by atoms with E-state index in [9.17, 15) is 4.79 Å². The fourth-order valence-electron chi connectivity index (χ4n) is 1.54. The predicted molar refractivity (Wildman–Crippen MR) is 78.8 cm³/mol. The van der Waals surface area contributed by atoms with Gasteiger partial charge in [-0.2, -0.15) is 0 Å². The fraction of sp³-hybridized carbons (Fsp3) is 0.0714. The van der Waals surface area contributed by atoms with Gasteiger partial charge in [-0.3, -0.25) is 0 Å². The first-order valence-electron chi connectivity index (χ1n) is 5.69. The summed E-state index contributed by atoms with van der Waals surface area (Å²) in [7, 11) is 0. The minimum absolute atomic E-state index is 0.312. The largest absolute Gasteiger partial charge is 0.334 e. The van der Waals surface area contributed by atoms with Gasteiger partial charge in [0.1, 0.15) is 0 Å². The zero-order valence-electron chi connectivity index (χ0n) is 9.99. The van der Waals surface area contributed by atoms with Crippen LogP contribution in [-0.2, 0) is 6.54 Å². The molecule has 0 aliphatic carbocycles. The highest BCUT2D eigenvalue weighted by Crippen LogP contribution is 2.25. The highest BCUT2D eigenvalue weighted by Gasteiger charge is 2.05. The molecule has 2 amide bonds. The van der Waals surface area contributed by atoms with Crippen LogP contribution in [0.1, 0.15) is 5.56 Å². The standard InChI is InChI=1S/C14H12Cl2N2O/c15-11-6-7-13(12(16)8-11)18-14(19)17-9-10-4-2-1-3-5-10/h1-8H,9H2,(H2,17,18,19). The fourth-order valence-corrected chi connectivity index (χ4v) is 1.99. The van der Waals surface area contributed by atoms with E-state index in [0.29, 0.717) is 22.3 Å². The van der Waals surface area contributed by atoms with Crippen LogP contribution in [0.25, 0.3) is 0 Å². The number of urea groups is 1. The molecule has 0 atom stereocenters. The summed E-state index contributed by atoms with van der Waals surface area (Å²) in [6.07, 6.45) is 0. The Hall–Kier alpha value is -1.71. The molecule has 19 heavy (non-hydrogen) atoms. The number of anilines is 1. The molecule has 2 N–H and O–H groups in total. The van der Waals surface area contributed by atoms with Crippen LogP contribution in [0.2, 0.25) is 10.0 Å². The van der Waals surface area contributed by atoms with Gasteiger partial charge in [0.25, 0.3) is 0 Å². The van der Waals surface area contributed by atoms with E-state index < -0.39 is 0 Å². The number of hydrogen-bond donors (Lipinski definition) is 2. The molecule has 2 rings (SSSR count). The maximum absolute atomic E-state index is 11.7. The highest BCUT2D eigenvalue weighted by molar-refractivity contribution is 6.36. The van der Waals surface area contributed by atoms with E-state index in [1.807, 2.05) is 30.3 Å². The van der Waals surface area contributed by atoms with Gasteiger partial charge < -0.3 is 10.6 Å². The van der Waals surface area contributed by atoms with Crippen LogP contribution in [0.5, 0.6) is 0 Å². The van der Waals surface area contributed by atoms with Crippen molar-refractivity contribution in [2.45, 2.75) is 6.54 Å². The molecule has 2 aromatic rings. The van der Waals surface area contributed by atoms with Gasteiger partial charge in [0.05, 0.1) is 10.7 Å². The molecule has 0 saturated heterocycles. The molecule has 0 saturated carbocycles. The van der Waals surface area contributed by atoms with Gasteiger partial charge in [0.15, 0.2) is 0 Å². The van der Waals surface area contributed by atoms with Crippen molar-refractivity contribution >= 4 is 34.9 Å². The van der Waals surface area contributed by atoms with Gasteiger partial charge in [-0.05, 0) is 23.8 Å². The molecular formula is C14H12Cl2N2O. The summed E-state index contributed by atoms with van der Waals surface area (Å²) in [5.74, 6) is 0. The summed E-state index contributed by atoms with van der Waals surface area (Å²) in [6, 6.07) is 14.2. The molecule has 0 aliphatic rings. The van der Waals surface area contributed by atoms with Crippen LogP contribution in [0.15, 0.2) is 48.5 Å². The second-order valence-electron chi connectivity index (χ2n) is 3.92. The first-order valence-corrected chi connectivity index (χ1v) is 6.44. The van der Waals surface area contributed by atoms with E-state index in [-0.39, 0.29) is 6.03 Å². The Morgan fingerprint density at radius 3 is 2.47 bits per heavy atom. The number of amides is 2. The number of benzene rings is 2. The predicted octanol–water partition coefficient (Wildman–Crippen LogP) is 4.32. The lowest BCUT2D eigenvalue weighted by molar-refractivity contribution is 0.251. The van der Waals surface area contributed by atoms with E-state index in [4.69, 9.17) is 23.2 Å². The van der Waals surface area contributed by atoms with Crippen molar-refractivity contribution in [2.75, 3.05) is 5.32 Å². The molecule has 0 aliphatic heterocycles. The van der Waals surface area contributed by atoms with Gasteiger partial charge in [0, 0.05) is 11.6 Å². The molecule has 98 valence electrons. The van der Waals surface area contributed by atoms with E-state index in [2.05, 4.69) is 10.6 Å². The van der Waals surface area contributed by atoms with Crippen molar-refractivity contribution in [3.63, 3.8) is 0 Å². The van der Waals surface area contributed by atoms with Gasteiger partial charge in [-0.1, -0.05) is 53.5 Å². The van der Waals surface area contributed by atoms with Crippen LogP contribution in [0.4, 0.5) is 10.5 Å². The maximum atomic E-state index is 11.7. The normalized spacial score (nSPS) is 10.0. The Kier molecular flexibility index (Phi) is 4.66. The quantitative estimate of drug-likeness (QED) is 0.870. The molecule has 0 bridgehead atoms. The average Bonchev–Trinajstić information content (AvgIpc) is 2.41. The summed E-state index contributed by atoms with van der Waals surface area (Å²) < 4.78 is 0. The number of carbonyl (C=O) groups excluding carboxylic acids is 1.